The Labute approximate surface area is 443 Å². The van der Waals surface area contributed by atoms with E-state index in [1.54, 1.807) is 6.08 Å². The minimum atomic E-state index is -0.847. The monoisotopic (exact) mass is 998 g/mol. The molecule has 71 heavy (non-hydrogen) atoms. The normalized spacial score (nSPS) is 12.8. The topological polar surface area (TPSA) is 95.9 Å². The average Bonchev–Trinajstić information content (AvgIpc) is 3.37. The molecule has 6 nitrogen and oxygen atoms in total. The van der Waals surface area contributed by atoms with Crippen molar-refractivity contribution in [2.24, 2.45) is 0 Å². The molecular formula is C65H123NO5. The maximum absolute atomic E-state index is 12.5. The van der Waals surface area contributed by atoms with Gasteiger partial charge in [-0.25, -0.2) is 0 Å². The molecule has 2 atom stereocenters. The SMILES string of the molecule is CCCCC/C=C\C/C=C\CCCCCCCCCCCC(=O)OCCCCCCCCCCCCCCCCCCCCCC(=O)NC(CO)C(O)/C=C/CCCCCCCCCCCCCCCC. The van der Waals surface area contributed by atoms with Crippen LogP contribution in [0.25, 0.3) is 0 Å². The third-order valence-electron chi connectivity index (χ3n) is 14.7. The van der Waals surface area contributed by atoms with E-state index < -0.39 is 12.1 Å². The number of ether oxygens (including phenoxy) is 1. The number of hydrogen-bond acceptors (Lipinski definition) is 5. The van der Waals surface area contributed by atoms with E-state index in [-0.39, 0.29) is 18.5 Å². The highest BCUT2D eigenvalue weighted by atomic mass is 16.5. The van der Waals surface area contributed by atoms with Crippen molar-refractivity contribution in [3.63, 3.8) is 0 Å². The van der Waals surface area contributed by atoms with E-state index in [0.29, 0.717) is 19.4 Å². The molecule has 0 fully saturated rings. The van der Waals surface area contributed by atoms with Crippen LogP contribution in [0.4, 0.5) is 0 Å². The first-order valence-electron chi connectivity index (χ1n) is 31.8. The second-order valence-corrected chi connectivity index (χ2v) is 21.7. The third kappa shape index (κ3) is 57.2. The van der Waals surface area contributed by atoms with E-state index in [1.165, 1.54) is 263 Å². The molecule has 1 amide bonds. The van der Waals surface area contributed by atoms with Crippen LogP contribution in [0, 0.1) is 0 Å². The molecule has 0 bridgehead atoms. The lowest BCUT2D eigenvalue weighted by atomic mass is 10.0. The number of amides is 1. The molecule has 0 aromatic heterocycles. The minimum absolute atomic E-state index is 0.00476. The van der Waals surface area contributed by atoms with Gasteiger partial charge in [-0.3, -0.25) is 9.59 Å². The van der Waals surface area contributed by atoms with Crippen LogP contribution < -0.4 is 5.32 Å². The Bertz CT molecular complexity index is 1150. The van der Waals surface area contributed by atoms with Gasteiger partial charge in [-0.05, 0) is 64.2 Å². The first-order valence-corrected chi connectivity index (χ1v) is 31.8. The molecule has 0 rings (SSSR count). The van der Waals surface area contributed by atoms with Gasteiger partial charge in [0, 0.05) is 12.8 Å². The Kier molecular flexibility index (Phi) is 59.0. The molecule has 6 heteroatoms. The highest BCUT2D eigenvalue weighted by Crippen LogP contribution is 2.17. The smallest absolute Gasteiger partial charge is 0.305 e. The molecule has 0 saturated carbocycles. The summed E-state index contributed by atoms with van der Waals surface area (Å²) in [6.07, 6.45) is 76.1. The predicted octanol–water partition coefficient (Wildman–Crippen LogP) is 20.0. The van der Waals surface area contributed by atoms with Crippen molar-refractivity contribution in [3.8, 4) is 0 Å². The van der Waals surface area contributed by atoms with Crippen LogP contribution in [0.1, 0.15) is 341 Å². The maximum atomic E-state index is 12.5. The predicted molar refractivity (Wildman–Crippen MR) is 310 cm³/mol. The number of aliphatic hydroxyl groups is 2. The van der Waals surface area contributed by atoms with Gasteiger partial charge >= 0.3 is 5.97 Å². The lowest BCUT2D eigenvalue weighted by Gasteiger charge is -2.20. The molecular weight excluding hydrogens is 875 g/mol. The fraction of sp³-hybridized carbons (Fsp3) is 0.877. The van der Waals surface area contributed by atoms with Crippen molar-refractivity contribution < 1.29 is 24.5 Å². The van der Waals surface area contributed by atoms with Gasteiger partial charge in [0.2, 0.25) is 5.91 Å². The van der Waals surface area contributed by atoms with Crippen molar-refractivity contribution >= 4 is 11.9 Å². The quantitative estimate of drug-likeness (QED) is 0.0321. The molecule has 0 heterocycles. The average molecular weight is 999 g/mol. The fourth-order valence-electron chi connectivity index (χ4n) is 9.78. The molecule has 0 aliphatic carbocycles. The number of unbranched alkanes of at least 4 members (excludes halogenated alkanes) is 44. The number of allylic oxidation sites excluding steroid dienone is 5. The molecule has 0 aliphatic rings. The summed E-state index contributed by atoms with van der Waals surface area (Å²) in [5.74, 6) is -0.0645. The van der Waals surface area contributed by atoms with Gasteiger partial charge in [0.05, 0.1) is 25.4 Å². The second-order valence-electron chi connectivity index (χ2n) is 21.7. The third-order valence-corrected chi connectivity index (χ3v) is 14.7. The molecule has 418 valence electrons. The van der Waals surface area contributed by atoms with E-state index >= 15 is 0 Å². The molecule has 0 radical (unpaired) electrons. The zero-order chi connectivity index (χ0) is 51.4. The zero-order valence-corrected chi connectivity index (χ0v) is 47.7. The first kappa shape index (κ1) is 69.1. The van der Waals surface area contributed by atoms with Crippen molar-refractivity contribution in [1.82, 2.24) is 5.32 Å². The van der Waals surface area contributed by atoms with Gasteiger partial charge < -0.3 is 20.3 Å². The molecule has 0 aromatic carbocycles. The van der Waals surface area contributed by atoms with E-state index in [1.807, 2.05) is 6.08 Å². The lowest BCUT2D eigenvalue weighted by molar-refractivity contribution is -0.143. The number of hydrogen-bond donors (Lipinski definition) is 3. The number of rotatable bonds is 59. The van der Waals surface area contributed by atoms with E-state index in [9.17, 15) is 19.8 Å². The van der Waals surface area contributed by atoms with Crippen LogP contribution in [-0.2, 0) is 14.3 Å². The van der Waals surface area contributed by atoms with Gasteiger partial charge in [-0.15, -0.1) is 0 Å². The van der Waals surface area contributed by atoms with Gasteiger partial charge in [-0.1, -0.05) is 301 Å². The van der Waals surface area contributed by atoms with Crippen LogP contribution >= 0.6 is 0 Å². The molecule has 0 spiro atoms. The Morgan fingerprint density at radius 1 is 0.394 bits per heavy atom. The molecule has 3 N–H and O–H groups in total. The minimum Gasteiger partial charge on any atom is -0.466 e. The molecule has 0 saturated heterocycles. The Hall–Kier alpha value is -1.92. The summed E-state index contributed by atoms with van der Waals surface area (Å²) in [7, 11) is 0. The maximum Gasteiger partial charge on any atom is 0.305 e. The largest absolute Gasteiger partial charge is 0.466 e. The molecule has 0 aliphatic heterocycles. The summed E-state index contributed by atoms with van der Waals surface area (Å²) in [4.78, 5) is 24.6. The zero-order valence-electron chi connectivity index (χ0n) is 47.7. The lowest BCUT2D eigenvalue weighted by Crippen LogP contribution is -2.45. The number of esters is 1. The molecule has 0 aromatic rings. The van der Waals surface area contributed by atoms with Crippen molar-refractivity contribution in [2.75, 3.05) is 13.2 Å². The van der Waals surface area contributed by atoms with Crippen molar-refractivity contribution in [2.45, 2.75) is 353 Å². The van der Waals surface area contributed by atoms with Gasteiger partial charge in [-0.2, -0.15) is 0 Å². The van der Waals surface area contributed by atoms with Crippen LogP contribution in [-0.4, -0.2) is 47.4 Å². The number of nitrogens with one attached hydrogen (secondary N) is 1. The van der Waals surface area contributed by atoms with Crippen LogP contribution in [0.2, 0.25) is 0 Å². The number of carbonyl (C=O) groups is 2. The summed E-state index contributed by atoms with van der Waals surface area (Å²) in [6, 6.07) is -0.630. The first-order chi connectivity index (χ1) is 35.0. The Balaban J connectivity index is 3.41. The number of aliphatic hydroxyl groups excluding tert-OH is 2. The van der Waals surface area contributed by atoms with E-state index in [4.69, 9.17) is 4.74 Å². The standard InChI is InChI=1S/C65H123NO5/c1-3-5-7-9-11-13-15-17-19-21-23-27-31-35-39-43-47-51-55-59-65(70)71-60-56-52-48-44-40-36-32-28-25-22-24-26-30-34-38-42-46-50-54-58-64(69)66-62(61-67)63(68)57-53-49-45-41-37-33-29-20-18-16-14-12-10-8-6-4-2/h11,13,17,19,53,57,62-63,67-68H,3-10,12,14-16,18,20-52,54-56,58-61H2,1-2H3,(H,66,69)/b13-11-,19-17-,57-53+. The summed E-state index contributed by atoms with van der Waals surface area (Å²) < 4.78 is 5.50. The van der Waals surface area contributed by atoms with Gasteiger partial charge in [0.25, 0.3) is 0 Å². The summed E-state index contributed by atoms with van der Waals surface area (Å²) in [6.45, 7) is 4.89. The highest BCUT2D eigenvalue weighted by Gasteiger charge is 2.18. The van der Waals surface area contributed by atoms with Crippen LogP contribution in [0.15, 0.2) is 36.5 Å². The van der Waals surface area contributed by atoms with Gasteiger partial charge in [0.1, 0.15) is 0 Å². The van der Waals surface area contributed by atoms with Crippen molar-refractivity contribution in [1.29, 1.82) is 0 Å². The highest BCUT2D eigenvalue weighted by molar-refractivity contribution is 5.76. The summed E-state index contributed by atoms with van der Waals surface area (Å²) >= 11 is 0. The number of carbonyl (C=O) groups excluding carboxylic acids is 2. The summed E-state index contributed by atoms with van der Waals surface area (Å²) in [5, 5.41) is 23.1. The molecule has 2 unspecified atom stereocenters. The van der Waals surface area contributed by atoms with E-state index in [2.05, 4.69) is 43.5 Å². The second kappa shape index (κ2) is 60.6. The van der Waals surface area contributed by atoms with Crippen LogP contribution in [0.3, 0.4) is 0 Å². The van der Waals surface area contributed by atoms with E-state index in [0.717, 1.165) is 51.4 Å². The summed E-state index contributed by atoms with van der Waals surface area (Å²) in [5.41, 5.74) is 0. The van der Waals surface area contributed by atoms with Crippen LogP contribution in [0.5, 0.6) is 0 Å². The van der Waals surface area contributed by atoms with Crippen molar-refractivity contribution in [3.05, 3.63) is 36.5 Å². The van der Waals surface area contributed by atoms with Gasteiger partial charge in [0.15, 0.2) is 0 Å². The Morgan fingerprint density at radius 2 is 0.704 bits per heavy atom. The Morgan fingerprint density at radius 3 is 1.10 bits per heavy atom. The fourth-order valence-corrected chi connectivity index (χ4v) is 9.78.